The van der Waals surface area contributed by atoms with Gasteiger partial charge < -0.3 is 14.8 Å². The predicted octanol–water partition coefficient (Wildman–Crippen LogP) is 3.08. The summed E-state index contributed by atoms with van der Waals surface area (Å²) in [5.41, 5.74) is 0.532. The van der Waals surface area contributed by atoms with E-state index in [2.05, 4.69) is 21.2 Å². The van der Waals surface area contributed by atoms with E-state index in [1.807, 2.05) is 0 Å². The van der Waals surface area contributed by atoms with Crippen LogP contribution in [-0.4, -0.2) is 25.0 Å². The zero-order chi connectivity index (χ0) is 12.8. The Kier molecular flexibility index (Phi) is 5.58. The molecule has 0 radical (unpaired) electrons. The number of methoxy groups -OCH3 is 1. The molecule has 0 fully saturated rings. The van der Waals surface area contributed by atoms with Crippen molar-refractivity contribution in [1.82, 2.24) is 0 Å². The van der Waals surface area contributed by atoms with Crippen LogP contribution in [0.2, 0.25) is 5.02 Å². The van der Waals surface area contributed by atoms with Gasteiger partial charge in [-0.3, -0.25) is 4.79 Å². The molecule has 1 aromatic rings. The quantitative estimate of drug-likeness (QED) is 0.848. The molecule has 0 bridgehead atoms. The Bertz CT molecular complexity index is 412. The maximum atomic E-state index is 11.1. The Morgan fingerprint density at radius 1 is 1.47 bits per heavy atom. The van der Waals surface area contributed by atoms with Crippen molar-refractivity contribution in [2.45, 2.75) is 6.92 Å². The smallest absolute Gasteiger partial charge is 0.221 e. The number of alkyl halides is 1. The molecule has 1 aromatic carbocycles. The minimum atomic E-state index is -0.185. The van der Waals surface area contributed by atoms with E-state index in [0.29, 0.717) is 34.1 Å². The zero-order valence-electron chi connectivity index (χ0n) is 9.55. The van der Waals surface area contributed by atoms with Crippen LogP contribution < -0.4 is 14.8 Å². The van der Waals surface area contributed by atoms with Gasteiger partial charge in [0, 0.05) is 18.3 Å². The number of hydrogen-bond acceptors (Lipinski definition) is 3. The van der Waals surface area contributed by atoms with E-state index >= 15 is 0 Å². The first kappa shape index (κ1) is 14.1. The Morgan fingerprint density at radius 2 is 2.18 bits per heavy atom. The number of amides is 1. The normalized spacial score (nSPS) is 9.88. The summed E-state index contributed by atoms with van der Waals surface area (Å²) in [4.78, 5) is 11.1. The van der Waals surface area contributed by atoms with Crippen molar-refractivity contribution in [1.29, 1.82) is 0 Å². The summed E-state index contributed by atoms with van der Waals surface area (Å²) < 4.78 is 10.6. The molecular formula is C11H13BrClNO3. The average molecular weight is 323 g/mol. The molecule has 0 aliphatic carbocycles. The van der Waals surface area contributed by atoms with E-state index in [-0.39, 0.29) is 5.91 Å². The molecule has 4 nitrogen and oxygen atoms in total. The second-order valence-corrected chi connectivity index (χ2v) is 4.40. The number of carbonyl (C=O) groups excluding carboxylic acids is 1. The molecule has 0 saturated carbocycles. The van der Waals surface area contributed by atoms with E-state index < -0.39 is 0 Å². The van der Waals surface area contributed by atoms with Crippen molar-refractivity contribution >= 4 is 39.1 Å². The van der Waals surface area contributed by atoms with E-state index in [9.17, 15) is 4.79 Å². The molecule has 17 heavy (non-hydrogen) atoms. The zero-order valence-corrected chi connectivity index (χ0v) is 11.9. The summed E-state index contributed by atoms with van der Waals surface area (Å²) in [7, 11) is 1.52. The number of hydrogen-bond donors (Lipinski definition) is 1. The van der Waals surface area contributed by atoms with Gasteiger partial charge in [-0.15, -0.1) is 0 Å². The fraction of sp³-hybridized carbons (Fsp3) is 0.364. The number of ether oxygens (including phenoxy) is 2. The summed E-state index contributed by atoms with van der Waals surface area (Å²) in [5, 5.41) is 3.77. The second kappa shape index (κ2) is 6.71. The molecule has 1 N–H and O–H groups in total. The highest BCUT2D eigenvalue weighted by Crippen LogP contribution is 2.36. The minimum absolute atomic E-state index is 0.185. The molecule has 1 rings (SSSR count). The summed E-state index contributed by atoms with van der Waals surface area (Å²) in [6, 6.07) is 3.25. The third-order valence-corrected chi connectivity index (χ3v) is 2.52. The third-order valence-electron chi connectivity index (χ3n) is 1.90. The second-order valence-electron chi connectivity index (χ2n) is 3.20. The maximum absolute atomic E-state index is 11.1. The monoisotopic (exact) mass is 321 g/mol. The van der Waals surface area contributed by atoms with Gasteiger partial charge in [-0.1, -0.05) is 27.5 Å². The standard InChI is InChI=1S/C11H13BrClNO3/c1-7(15)14-9-5-8(13)10(16-2)6-11(9)17-4-3-12/h5-6H,3-4H2,1-2H3,(H,14,15). The summed E-state index contributed by atoms with van der Waals surface area (Å²) >= 11 is 9.24. The minimum Gasteiger partial charge on any atom is -0.495 e. The van der Waals surface area contributed by atoms with Crippen LogP contribution in [0.4, 0.5) is 5.69 Å². The van der Waals surface area contributed by atoms with Crippen LogP contribution >= 0.6 is 27.5 Å². The third kappa shape index (κ3) is 4.09. The molecule has 0 aliphatic heterocycles. The summed E-state index contributed by atoms with van der Waals surface area (Å²) in [6.07, 6.45) is 0. The van der Waals surface area contributed by atoms with Crippen LogP contribution in [0.5, 0.6) is 11.5 Å². The molecular weight excluding hydrogens is 309 g/mol. The first-order chi connectivity index (χ1) is 8.08. The van der Waals surface area contributed by atoms with Gasteiger partial charge in [0.05, 0.1) is 24.4 Å². The maximum Gasteiger partial charge on any atom is 0.221 e. The van der Waals surface area contributed by atoms with Gasteiger partial charge in [0.1, 0.15) is 11.5 Å². The van der Waals surface area contributed by atoms with Gasteiger partial charge in [-0.2, -0.15) is 0 Å². The van der Waals surface area contributed by atoms with E-state index in [1.165, 1.54) is 14.0 Å². The van der Waals surface area contributed by atoms with Crippen LogP contribution in [0, 0.1) is 0 Å². The van der Waals surface area contributed by atoms with Gasteiger partial charge in [0.25, 0.3) is 0 Å². The SMILES string of the molecule is COc1cc(OCCBr)c(NC(C)=O)cc1Cl. The van der Waals surface area contributed by atoms with Crippen LogP contribution in [0.1, 0.15) is 6.92 Å². The number of halogens is 2. The number of rotatable bonds is 5. The van der Waals surface area contributed by atoms with E-state index in [4.69, 9.17) is 21.1 Å². The number of carbonyl (C=O) groups is 1. The molecule has 0 saturated heterocycles. The van der Waals surface area contributed by atoms with Crippen LogP contribution in [0.3, 0.4) is 0 Å². The largest absolute Gasteiger partial charge is 0.495 e. The molecule has 0 spiro atoms. The first-order valence-electron chi connectivity index (χ1n) is 4.92. The molecule has 0 atom stereocenters. The van der Waals surface area contributed by atoms with Crippen molar-refractivity contribution in [2.75, 3.05) is 24.4 Å². The van der Waals surface area contributed by atoms with Gasteiger partial charge >= 0.3 is 0 Å². The molecule has 0 unspecified atom stereocenters. The first-order valence-corrected chi connectivity index (χ1v) is 6.42. The van der Waals surface area contributed by atoms with Gasteiger partial charge in [0.2, 0.25) is 5.91 Å². The van der Waals surface area contributed by atoms with Gasteiger partial charge in [-0.25, -0.2) is 0 Å². The Hall–Kier alpha value is -0.940. The van der Waals surface area contributed by atoms with Crippen molar-refractivity contribution < 1.29 is 14.3 Å². The lowest BCUT2D eigenvalue weighted by Crippen LogP contribution is -2.09. The predicted molar refractivity (Wildman–Crippen MR) is 71.6 cm³/mol. The molecule has 94 valence electrons. The Balaban J connectivity index is 3.06. The van der Waals surface area contributed by atoms with Crippen molar-refractivity contribution in [3.63, 3.8) is 0 Å². The van der Waals surface area contributed by atoms with Crippen molar-refractivity contribution in [2.24, 2.45) is 0 Å². The van der Waals surface area contributed by atoms with Gasteiger partial charge in [0.15, 0.2) is 0 Å². The molecule has 1 amide bonds. The van der Waals surface area contributed by atoms with Crippen LogP contribution in [-0.2, 0) is 4.79 Å². The Labute approximate surface area is 113 Å². The molecule has 0 aromatic heterocycles. The number of anilines is 1. The highest BCUT2D eigenvalue weighted by Gasteiger charge is 2.11. The lowest BCUT2D eigenvalue weighted by atomic mass is 10.2. The lowest BCUT2D eigenvalue weighted by molar-refractivity contribution is -0.114. The molecule has 6 heteroatoms. The van der Waals surface area contributed by atoms with Crippen LogP contribution in [0.25, 0.3) is 0 Å². The summed E-state index contributed by atoms with van der Waals surface area (Å²) in [6.45, 7) is 1.91. The van der Waals surface area contributed by atoms with Gasteiger partial charge in [-0.05, 0) is 6.07 Å². The highest BCUT2D eigenvalue weighted by atomic mass is 79.9. The average Bonchev–Trinajstić information content (AvgIpc) is 2.27. The number of nitrogens with one attached hydrogen (secondary N) is 1. The van der Waals surface area contributed by atoms with Crippen molar-refractivity contribution in [3.05, 3.63) is 17.2 Å². The van der Waals surface area contributed by atoms with Crippen molar-refractivity contribution in [3.8, 4) is 11.5 Å². The lowest BCUT2D eigenvalue weighted by Gasteiger charge is -2.13. The molecule has 0 aliphatic rings. The highest BCUT2D eigenvalue weighted by molar-refractivity contribution is 9.09. The van der Waals surface area contributed by atoms with E-state index in [1.54, 1.807) is 12.1 Å². The fourth-order valence-electron chi connectivity index (χ4n) is 1.25. The fourth-order valence-corrected chi connectivity index (χ4v) is 1.65. The van der Waals surface area contributed by atoms with E-state index in [0.717, 1.165) is 0 Å². The Morgan fingerprint density at radius 3 is 2.71 bits per heavy atom. The summed E-state index contributed by atoms with van der Waals surface area (Å²) in [5.74, 6) is 0.848. The number of benzene rings is 1. The van der Waals surface area contributed by atoms with Crippen LogP contribution in [0.15, 0.2) is 12.1 Å². The topological polar surface area (TPSA) is 47.6 Å². The molecule has 0 heterocycles.